The lowest BCUT2D eigenvalue weighted by molar-refractivity contribution is -0.118. The number of rotatable bonds is 2. The Bertz CT molecular complexity index is 401. The Morgan fingerprint density at radius 2 is 2.24 bits per heavy atom. The smallest absolute Gasteiger partial charge is 0.242 e. The summed E-state index contributed by atoms with van der Waals surface area (Å²) in [5.74, 6) is 0.211. The van der Waals surface area contributed by atoms with E-state index in [4.69, 9.17) is 23.2 Å². The van der Waals surface area contributed by atoms with E-state index in [2.05, 4.69) is 20.6 Å². The van der Waals surface area contributed by atoms with Crippen molar-refractivity contribution in [3.63, 3.8) is 0 Å². The lowest BCUT2D eigenvalue weighted by Gasteiger charge is -2.22. The third-order valence-electron chi connectivity index (χ3n) is 2.55. The van der Waals surface area contributed by atoms with Gasteiger partial charge in [-0.05, 0) is 31.0 Å². The van der Waals surface area contributed by atoms with E-state index in [1.165, 1.54) is 6.07 Å². The van der Waals surface area contributed by atoms with Crippen molar-refractivity contribution < 1.29 is 4.79 Å². The van der Waals surface area contributed by atoms with Crippen LogP contribution in [0.15, 0.2) is 6.07 Å². The van der Waals surface area contributed by atoms with Crippen LogP contribution in [-0.4, -0.2) is 28.5 Å². The van der Waals surface area contributed by atoms with Crippen molar-refractivity contribution in [1.82, 2.24) is 15.3 Å². The highest BCUT2D eigenvalue weighted by Gasteiger charge is 2.20. The summed E-state index contributed by atoms with van der Waals surface area (Å²) in [5, 5.41) is 6.04. The second kappa shape index (κ2) is 5.62. The maximum absolute atomic E-state index is 11.9. The number of nitrogens with zero attached hydrogens (tertiary/aromatic N) is 2. The number of hydrogen-bond donors (Lipinski definition) is 2. The van der Waals surface area contributed by atoms with Crippen LogP contribution >= 0.6 is 23.2 Å². The highest BCUT2D eigenvalue weighted by molar-refractivity contribution is 6.32. The van der Waals surface area contributed by atoms with Crippen LogP contribution in [0.5, 0.6) is 0 Å². The molecule has 0 bridgehead atoms. The Labute approximate surface area is 109 Å². The van der Waals surface area contributed by atoms with Crippen LogP contribution in [0.25, 0.3) is 0 Å². The standard InChI is InChI=1S/C10H12Cl2N4O/c11-7-5-8(16-10(12)14-7)15-9(17)6-3-1-2-4-13-6/h5-6,13H,1-4H2,(H,14,15,16,17)/t6-/m0/s1. The zero-order chi connectivity index (χ0) is 12.3. The monoisotopic (exact) mass is 274 g/mol. The number of anilines is 1. The molecule has 7 heteroatoms. The van der Waals surface area contributed by atoms with Crippen molar-refractivity contribution in [2.24, 2.45) is 0 Å². The molecule has 0 spiro atoms. The van der Waals surface area contributed by atoms with Crippen LogP contribution in [-0.2, 0) is 4.79 Å². The third-order valence-corrected chi connectivity index (χ3v) is 2.91. The molecule has 1 aliphatic rings. The molecular weight excluding hydrogens is 263 g/mol. The highest BCUT2D eigenvalue weighted by Crippen LogP contribution is 2.15. The minimum absolute atomic E-state index is 0.0180. The normalized spacial score (nSPS) is 20.0. The minimum atomic E-state index is -0.170. The number of carbonyl (C=O) groups excluding carboxylic acids is 1. The van der Waals surface area contributed by atoms with Gasteiger partial charge in [0, 0.05) is 6.07 Å². The average molecular weight is 275 g/mol. The first-order valence-electron chi connectivity index (χ1n) is 5.39. The first-order valence-corrected chi connectivity index (χ1v) is 6.15. The maximum Gasteiger partial charge on any atom is 0.242 e. The second-order valence-corrected chi connectivity index (χ2v) is 4.56. The minimum Gasteiger partial charge on any atom is -0.309 e. The highest BCUT2D eigenvalue weighted by atomic mass is 35.5. The van der Waals surface area contributed by atoms with Crippen LogP contribution in [0, 0.1) is 0 Å². The molecule has 0 unspecified atom stereocenters. The van der Waals surface area contributed by atoms with E-state index in [9.17, 15) is 4.79 Å². The second-order valence-electron chi connectivity index (χ2n) is 3.84. The van der Waals surface area contributed by atoms with E-state index in [0.717, 1.165) is 25.8 Å². The van der Waals surface area contributed by atoms with E-state index >= 15 is 0 Å². The van der Waals surface area contributed by atoms with Crippen molar-refractivity contribution in [3.8, 4) is 0 Å². The molecule has 2 rings (SSSR count). The number of piperidine rings is 1. The van der Waals surface area contributed by atoms with Gasteiger partial charge in [-0.1, -0.05) is 18.0 Å². The fourth-order valence-electron chi connectivity index (χ4n) is 1.74. The maximum atomic E-state index is 11.9. The summed E-state index contributed by atoms with van der Waals surface area (Å²) in [6.45, 7) is 0.864. The van der Waals surface area contributed by atoms with Crippen LogP contribution in [0.2, 0.25) is 10.4 Å². The Balaban J connectivity index is 2.01. The SMILES string of the molecule is O=C(Nc1cc(Cl)nc(Cl)n1)[C@@H]1CCCCN1. The molecule has 1 amide bonds. The third kappa shape index (κ3) is 3.52. The molecule has 0 radical (unpaired) electrons. The van der Waals surface area contributed by atoms with Crippen molar-refractivity contribution in [3.05, 3.63) is 16.5 Å². The number of halogens is 2. The molecule has 2 heterocycles. The first kappa shape index (κ1) is 12.5. The molecule has 0 aromatic carbocycles. The van der Waals surface area contributed by atoms with Crippen LogP contribution in [0.4, 0.5) is 5.82 Å². The van der Waals surface area contributed by atoms with E-state index in [1.54, 1.807) is 0 Å². The van der Waals surface area contributed by atoms with Crippen molar-refractivity contribution >= 4 is 34.9 Å². The Hall–Kier alpha value is -0.910. The van der Waals surface area contributed by atoms with Gasteiger partial charge in [-0.25, -0.2) is 9.97 Å². The molecule has 5 nitrogen and oxygen atoms in total. The van der Waals surface area contributed by atoms with Gasteiger partial charge in [0.1, 0.15) is 11.0 Å². The van der Waals surface area contributed by atoms with Gasteiger partial charge >= 0.3 is 0 Å². The number of carbonyl (C=O) groups is 1. The van der Waals surface area contributed by atoms with E-state index < -0.39 is 0 Å². The van der Waals surface area contributed by atoms with Gasteiger partial charge in [0.25, 0.3) is 0 Å². The molecule has 1 atom stereocenters. The fraction of sp³-hybridized carbons (Fsp3) is 0.500. The van der Waals surface area contributed by atoms with Gasteiger partial charge in [0.15, 0.2) is 0 Å². The number of hydrogen-bond acceptors (Lipinski definition) is 4. The Kier molecular flexibility index (Phi) is 4.15. The summed E-state index contributed by atoms with van der Waals surface area (Å²) in [7, 11) is 0. The molecule has 1 aromatic rings. The predicted octanol–water partition coefficient (Wildman–Crippen LogP) is 1.86. The summed E-state index contributed by atoms with van der Waals surface area (Å²) < 4.78 is 0. The van der Waals surface area contributed by atoms with E-state index in [1.807, 2.05) is 0 Å². The molecule has 0 aliphatic carbocycles. The Morgan fingerprint density at radius 3 is 2.88 bits per heavy atom. The van der Waals surface area contributed by atoms with Gasteiger partial charge in [-0.3, -0.25) is 4.79 Å². The summed E-state index contributed by atoms with van der Waals surface area (Å²) >= 11 is 11.4. The van der Waals surface area contributed by atoms with Crippen LogP contribution < -0.4 is 10.6 Å². The molecule has 1 saturated heterocycles. The van der Waals surface area contributed by atoms with Gasteiger partial charge in [-0.15, -0.1) is 0 Å². The lowest BCUT2D eigenvalue weighted by atomic mass is 10.0. The summed E-state index contributed by atoms with van der Waals surface area (Å²) in [5.41, 5.74) is 0. The van der Waals surface area contributed by atoms with Crippen LogP contribution in [0.1, 0.15) is 19.3 Å². The molecule has 1 aliphatic heterocycles. The molecule has 2 N–H and O–H groups in total. The van der Waals surface area contributed by atoms with Gasteiger partial charge in [0.05, 0.1) is 6.04 Å². The van der Waals surface area contributed by atoms with Gasteiger partial charge in [0.2, 0.25) is 11.2 Å². The molecule has 1 aromatic heterocycles. The lowest BCUT2D eigenvalue weighted by Crippen LogP contribution is -2.43. The van der Waals surface area contributed by atoms with Crippen LogP contribution in [0.3, 0.4) is 0 Å². The largest absolute Gasteiger partial charge is 0.309 e. The van der Waals surface area contributed by atoms with E-state index in [0.29, 0.717) is 5.82 Å². The number of nitrogens with one attached hydrogen (secondary N) is 2. The topological polar surface area (TPSA) is 66.9 Å². The summed E-state index contributed by atoms with van der Waals surface area (Å²) in [6.07, 6.45) is 2.99. The molecular formula is C10H12Cl2N4O. The fourth-order valence-corrected chi connectivity index (χ4v) is 2.15. The van der Waals surface area contributed by atoms with Crippen molar-refractivity contribution in [1.29, 1.82) is 0 Å². The summed E-state index contributed by atoms with van der Waals surface area (Å²) in [6, 6.07) is 1.30. The van der Waals surface area contributed by atoms with Gasteiger partial charge < -0.3 is 10.6 Å². The predicted molar refractivity (Wildman–Crippen MR) is 66.3 cm³/mol. The van der Waals surface area contributed by atoms with Crippen molar-refractivity contribution in [2.75, 3.05) is 11.9 Å². The molecule has 1 fully saturated rings. The quantitative estimate of drug-likeness (QED) is 0.638. The zero-order valence-corrected chi connectivity index (χ0v) is 10.6. The Morgan fingerprint density at radius 1 is 1.41 bits per heavy atom. The van der Waals surface area contributed by atoms with Crippen molar-refractivity contribution in [2.45, 2.75) is 25.3 Å². The average Bonchev–Trinajstić information content (AvgIpc) is 2.28. The van der Waals surface area contributed by atoms with E-state index in [-0.39, 0.29) is 22.4 Å². The molecule has 92 valence electrons. The molecule has 17 heavy (non-hydrogen) atoms. The molecule has 0 saturated carbocycles. The first-order chi connectivity index (χ1) is 8.15. The number of amides is 1. The zero-order valence-electron chi connectivity index (χ0n) is 9.04. The van der Waals surface area contributed by atoms with Gasteiger partial charge in [-0.2, -0.15) is 0 Å². The number of aromatic nitrogens is 2. The summed E-state index contributed by atoms with van der Waals surface area (Å²) in [4.78, 5) is 19.5.